The zero-order chi connectivity index (χ0) is 20.5. The minimum absolute atomic E-state index is 0.503. The fourth-order valence-corrected chi connectivity index (χ4v) is 3.09. The number of guanidine groups is 1. The first kappa shape index (κ1) is 20.7. The predicted octanol–water partition coefficient (Wildman–Crippen LogP) is 3.35. The topological polar surface area (TPSA) is 76.6 Å². The first-order chi connectivity index (χ1) is 14.2. The summed E-state index contributed by atoms with van der Waals surface area (Å²) in [4.78, 5) is 4.30. The third kappa shape index (κ3) is 5.96. The molecule has 2 heterocycles. The molecule has 2 N–H and O–H groups in total. The van der Waals surface area contributed by atoms with Gasteiger partial charge in [-0.15, -0.1) is 0 Å². The molecule has 3 aromatic rings. The summed E-state index contributed by atoms with van der Waals surface area (Å²) in [6.07, 6.45) is 2.53. The van der Waals surface area contributed by atoms with Gasteiger partial charge in [0.2, 0.25) is 0 Å². The Morgan fingerprint density at radius 3 is 2.76 bits per heavy atom. The van der Waals surface area contributed by atoms with Gasteiger partial charge in [-0.1, -0.05) is 18.2 Å². The van der Waals surface area contributed by atoms with Crippen molar-refractivity contribution < 1.29 is 9.15 Å². The Labute approximate surface area is 171 Å². The van der Waals surface area contributed by atoms with E-state index in [1.807, 2.05) is 35.9 Å². The normalized spacial score (nSPS) is 11.6. The number of hydrogen-bond donors (Lipinski definition) is 2. The summed E-state index contributed by atoms with van der Waals surface area (Å²) in [5, 5.41) is 11.3. The van der Waals surface area contributed by atoms with Crippen molar-refractivity contribution in [2.45, 2.75) is 33.4 Å². The van der Waals surface area contributed by atoms with Gasteiger partial charge in [-0.25, -0.2) is 4.68 Å². The number of hydrogen-bond acceptors (Lipinski definition) is 4. The van der Waals surface area contributed by atoms with Gasteiger partial charge in [-0.05, 0) is 50.1 Å². The van der Waals surface area contributed by atoms with Crippen LogP contribution >= 0.6 is 0 Å². The molecular weight excluding hydrogens is 366 g/mol. The molecular formula is C22H29N5O2. The van der Waals surface area contributed by atoms with Crippen molar-refractivity contribution in [1.29, 1.82) is 0 Å². The highest BCUT2D eigenvalue weighted by molar-refractivity contribution is 5.79. The second-order valence-electron chi connectivity index (χ2n) is 6.81. The van der Waals surface area contributed by atoms with Crippen LogP contribution in [0.15, 0.2) is 58.1 Å². The smallest absolute Gasteiger partial charge is 0.191 e. The van der Waals surface area contributed by atoms with Gasteiger partial charge in [-0.2, -0.15) is 5.10 Å². The molecule has 3 rings (SSSR count). The molecule has 0 bridgehead atoms. The molecule has 0 radical (unpaired) electrons. The third-order valence-electron chi connectivity index (χ3n) is 4.48. The van der Waals surface area contributed by atoms with Crippen LogP contribution in [0.4, 0.5) is 0 Å². The summed E-state index contributed by atoms with van der Waals surface area (Å²) in [6.45, 7) is 6.67. The maximum Gasteiger partial charge on any atom is 0.191 e. The lowest BCUT2D eigenvalue weighted by atomic mass is 10.1. The van der Waals surface area contributed by atoms with E-state index in [1.54, 1.807) is 13.3 Å². The van der Waals surface area contributed by atoms with Crippen molar-refractivity contribution >= 4 is 5.96 Å². The number of aryl methyl sites for hydroxylation is 2. The molecule has 0 spiro atoms. The number of nitrogens with one attached hydrogen (secondary N) is 2. The van der Waals surface area contributed by atoms with Crippen LogP contribution in [0.25, 0.3) is 5.69 Å². The second kappa shape index (κ2) is 10.5. The van der Waals surface area contributed by atoms with Crippen molar-refractivity contribution in [3.05, 3.63) is 71.4 Å². The van der Waals surface area contributed by atoms with Crippen molar-refractivity contribution in [2.75, 3.05) is 20.2 Å². The lowest BCUT2D eigenvalue weighted by Crippen LogP contribution is -2.37. The number of aromatic nitrogens is 2. The highest BCUT2D eigenvalue weighted by Gasteiger charge is 2.09. The number of aliphatic imine (C=N–C) groups is 1. The van der Waals surface area contributed by atoms with E-state index in [2.05, 4.69) is 45.8 Å². The van der Waals surface area contributed by atoms with Crippen LogP contribution in [0.2, 0.25) is 0 Å². The Morgan fingerprint density at radius 2 is 2.03 bits per heavy atom. The molecule has 7 nitrogen and oxygen atoms in total. The Bertz CT molecular complexity index is 915. The van der Waals surface area contributed by atoms with Crippen LogP contribution in [0, 0.1) is 13.8 Å². The van der Waals surface area contributed by atoms with Gasteiger partial charge < -0.3 is 19.8 Å². The van der Waals surface area contributed by atoms with E-state index in [9.17, 15) is 0 Å². The molecule has 29 heavy (non-hydrogen) atoms. The first-order valence-corrected chi connectivity index (χ1v) is 9.83. The molecule has 1 aromatic carbocycles. The van der Waals surface area contributed by atoms with E-state index in [4.69, 9.17) is 9.15 Å². The van der Waals surface area contributed by atoms with Crippen molar-refractivity contribution in [1.82, 2.24) is 20.4 Å². The highest BCUT2D eigenvalue weighted by Crippen LogP contribution is 2.16. The van der Waals surface area contributed by atoms with Crippen molar-refractivity contribution in [2.24, 2.45) is 4.99 Å². The molecule has 7 heteroatoms. The number of furan rings is 1. The maximum absolute atomic E-state index is 5.60. The Kier molecular flexibility index (Phi) is 7.47. The first-order valence-electron chi connectivity index (χ1n) is 9.83. The molecule has 0 fully saturated rings. The average molecular weight is 396 g/mol. The Hall–Kier alpha value is -3.06. The molecule has 2 aromatic heterocycles. The van der Waals surface area contributed by atoms with Gasteiger partial charge in [0.05, 0.1) is 17.6 Å². The molecule has 0 aliphatic carbocycles. The minimum Gasteiger partial charge on any atom is -0.467 e. The molecule has 0 amide bonds. The number of ether oxygens (including phenoxy) is 1. The van der Waals surface area contributed by atoms with Crippen LogP contribution in [-0.2, 0) is 17.9 Å². The minimum atomic E-state index is 0.503. The molecule has 0 aliphatic rings. The number of para-hydroxylation sites is 1. The zero-order valence-electron chi connectivity index (χ0n) is 17.3. The highest BCUT2D eigenvalue weighted by atomic mass is 16.5. The molecule has 0 saturated heterocycles. The van der Waals surface area contributed by atoms with Crippen LogP contribution < -0.4 is 10.6 Å². The van der Waals surface area contributed by atoms with Crippen molar-refractivity contribution in [3.63, 3.8) is 0 Å². The Morgan fingerprint density at radius 1 is 1.17 bits per heavy atom. The molecule has 0 atom stereocenters. The molecule has 154 valence electrons. The summed E-state index contributed by atoms with van der Waals surface area (Å²) in [5.74, 6) is 1.61. The van der Waals surface area contributed by atoms with Gasteiger partial charge in [0, 0.05) is 32.4 Å². The number of rotatable bonds is 9. The van der Waals surface area contributed by atoms with E-state index in [0.717, 1.165) is 47.3 Å². The number of nitrogens with zero attached hydrogens (tertiary/aromatic N) is 3. The summed E-state index contributed by atoms with van der Waals surface area (Å²) < 4.78 is 12.8. The van der Waals surface area contributed by atoms with Crippen LogP contribution in [-0.4, -0.2) is 35.9 Å². The van der Waals surface area contributed by atoms with E-state index < -0.39 is 0 Å². The predicted molar refractivity (Wildman–Crippen MR) is 114 cm³/mol. The van der Waals surface area contributed by atoms with E-state index in [1.165, 1.54) is 0 Å². The van der Waals surface area contributed by atoms with Gasteiger partial charge in [0.25, 0.3) is 0 Å². The fraction of sp³-hybridized carbons (Fsp3) is 0.364. The second-order valence-corrected chi connectivity index (χ2v) is 6.81. The van der Waals surface area contributed by atoms with E-state index in [0.29, 0.717) is 19.8 Å². The van der Waals surface area contributed by atoms with Crippen LogP contribution in [0.1, 0.15) is 29.1 Å². The van der Waals surface area contributed by atoms with Crippen LogP contribution in [0.5, 0.6) is 0 Å². The SMILES string of the molecule is CN=C(NCCCOCc1ccco1)NCc1ccccc1-n1nc(C)cc1C. The van der Waals surface area contributed by atoms with Gasteiger partial charge in [0.1, 0.15) is 12.4 Å². The zero-order valence-corrected chi connectivity index (χ0v) is 17.3. The summed E-state index contributed by atoms with van der Waals surface area (Å²) in [5.41, 5.74) is 4.36. The molecule has 0 saturated carbocycles. The maximum atomic E-state index is 5.60. The average Bonchev–Trinajstić information content (AvgIpc) is 3.36. The third-order valence-corrected chi connectivity index (χ3v) is 4.48. The van der Waals surface area contributed by atoms with Gasteiger partial charge in [0.15, 0.2) is 5.96 Å². The lowest BCUT2D eigenvalue weighted by molar-refractivity contribution is 0.105. The summed E-state index contributed by atoms with van der Waals surface area (Å²) >= 11 is 0. The van der Waals surface area contributed by atoms with E-state index in [-0.39, 0.29) is 0 Å². The van der Waals surface area contributed by atoms with Crippen LogP contribution in [0.3, 0.4) is 0 Å². The molecule has 0 unspecified atom stereocenters. The molecule has 0 aliphatic heterocycles. The fourth-order valence-electron chi connectivity index (χ4n) is 3.09. The largest absolute Gasteiger partial charge is 0.467 e. The standard InChI is InChI=1S/C22H29N5O2/c1-17-14-18(2)27(26-17)21-10-5-4-8-19(21)15-25-22(23-3)24-11-7-12-28-16-20-9-6-13-29-20/h4-6,8-10,13-14H,7,11-12,15-16H2,1-3H3,(H2,23,24,25). The lowest BCUT2D eigenvalue weighted by Gasteiger charge is -2.15. The van der Waals surface area contributed by atoms with Gasteiger partial charge in [-0.3, -0.25) is 4.99 Å². The number of benzene rings is 1. The Balaban J connectivity index is 1.45. The summed E-state index contributed by atoms with van der Waals surface area (Å²) in [7, 11) is 1.77. The monoisotopic (exact) mass is 395 g/mol. The van der Waals surface area contributed by atoms with Gasteiger partial charge >= 0.3 is 0 Å². The van der Waals surface area contributed by atoms with E-state index >= 15 is 0 Å². The summed E-state index contributed by atoms with van der Waals surface area (Å²) in [6, 6.07) is 14.1. The quantitative estimate of drug-likeness (QED) is 0.330. The van der Waals surface area contributed by atoms with Crippen molar-refractivity contribution in [3.8, 4) is 5.69 Å².